The van der Waals surface area contributed by atoms with E-state index in [2.05, 4.69) is 116 Å². The van der Waals surface area contributed by atoms with Gasteiger partial charge in [-0.25, -0.2) is 0 Å². The second-order valence-corrected chi connectivity index (χ2v) is 13.1. The summed E-state index contributed by atoms with van der Waals surface area (Å²) in [6.07, 6.45) is 4.45. The summed E-state index contributed by atoms with van der Waals surface area (Å²) in [7, 11) is 0. The zero-order valence-corrected chi connectivity index (χ0v) is 22.8. The molecule has 1 aliphatic carbocycles. The summed E-state index contributed by atoms with van der Waals surface area (Å²) >= 11 is 0. The van der Waals surface area contributed by atoms with Gasteiger partial charge in [0.15, 0.2) is 0 Å². The standard InChI is InChI=1S/C33H39BO/c1-22-9-12-24(13-10-22)34(29-21-35-30-16-11-23(19-26(29)30)31(2,3)4)25-14-15-27-28(20-25)33(7,8)18-17-32(27,5)6/h9-16,19-21H,17-18H2,1-8H3. The lowest BCUT2D eigenvalue weighted by Crippen LogP contribution is -2.52. The number of furan rings is 1. The van der Waals surface area contributed by atoms with E-state index in [-0.39, 0.29) is 23.0 Å². The van der Waals surface area contributed by atoms with Crippen molar-refractivity contribution in [2.75, 3.05) is 0 Å². The lowest BCUT2D eigenvalue weighted by molar-refractivity contribution is 0.332. The Balaban J connectivity index is 1.75. The maximum atomic E-state index is 6.15. The molecule has 0 atom stereocenters. The molecular formula is C33H39BO. The zero-order valence-electron chi connectivity index (χ0n) is 22.8. The number of hydrogen-bond acceptors (Lipinski definition) is 1. The van der Waals surface area contributed by atoms with E-state index in [1.54, 1.807) is 0 Å². The summed E-state index contributed by atoms with van der Waals surface area (Å²) in [5.41, 5.74) is 11.0. The molecule has 35 heavy (non-hydrogen) atoms. The highest BCUT2D eigenvalue weighted by Crippen LogP contribution is 2.45. The SMILES string of the molecule is Cc1ccc(B(c2ccc3c(c2)C(C)(C)CCC3(C)C)c2coc3ccc(C(C)(C)C)cc23)cc1. The maximum Gasteiger partial charge on any atom is 0.246 e. The second-order valence-electron chi connectivity index (χ2n) is 13.1. The van der Waals surface area contributed by atoms with Crippen LogP contribution in [0.3, 0.4) is 0 Å². The number of benzene rings is 3. The summed E-state index contributed by atoms with van der Waals surface area (Å²) in [4.78, 5) is 0. The Labute approximate surface area is 212 Å². The third-order valence-corrected chi connectivity index (χ3v) is 8.40. The van der Waals surface area contributed by atoms with Crippen molar-refractivity contribution in [2.24, 2.45) is 0 Å². The lowest BCUT2D eigenvalue weighted by Gasteiger charge is -2.42. The van der Waals surface area contributed by atoms with Crippen molar-refractivity contribution < 1.29 is 4.42 Å². The normalized spacial score (nSPS) is 16.8. The molecule has 0 amide bonds. The molecule has 0 saturated heterocycles. The van der Waals surface area contributed by atoms with Crippen LogP contribution in [0.5, 0.6) is 0 Å². The van der Waals surface area contributed by atoms with Crippen LogP contribution in [0.2, 0.25) is 0 Å². The van der Waals surface area contributed by atoms with Crippen molar-refractivity contribution in [1.82, 2.24) is 0 Å². The van der Waals surface area contributed by atoms with Crippen LogP contribution in [0.4, 0.5) is 0 Å². The first-order chi connectivity index (χ1) is 16.4. The van der Waals surface area contributed by atoms with E-state index < -0.39 is 0 Å². The number of hydrogen-bond donors (Lipinski definition) is 0. The Morgan fingerprint density at radius 3 is 2.03 bits per heavy atom. The van der Waals surface area contributed by atoms with Gasteiger partial charge >= 0.3 is 0 Å². The van der Waals surface area contributed by atoms with Crippen molar-refractivity contribution in [3.8, 4) is 0 Å². The highest BCUT2D eigenvalue weighted by Gasteiger charge is 2.38. The Hall–Kier alpha value is -2.74. The molecule has 3 aromatic carbocycles. The van der Waals surface area contributed by atoms with Crippen molar-refractivity contribution in [2.45, 2.75) is 84.5 Å². The van der Waals surface area contributed by atoms with Gasteiger partial charge in [0.2, 0.25) is 6.71 Å². The largest absolute Gasteiger partial charge is 0.465 e. The van der Waals surface area contributed by atoms with E-state index in [9.17, 15) is 0 Å². The van der Waals surface area contributed by atoms with Crippen LogP contribution in [-0.4, -0.2) is 6.71 Å². The summed E-state index contributed by atoms with van der Waals surface area (Å²) in [5.74, 6) is 0. The molecule has 1 aromatic heterocycles. The fourth-order valence-corrected chi connectivity index (χ4v) is 5.84. The predicted molar refractivity (Wildman–Crippen MR) is 152 cm³/mol. The van der Waals surface area contributed by atoms with E-state index >= 15 is 0 Å². The van der Waals surface area contributed by atoms with Gasteiger partial charge in [-0.3, -0.25) is 0 Å². The number of aryl methyl sites for hydroxylation is 1. The predicted octanol–water partition coefficient (Wildman–Crippen LogP) is 6.90. The van der Waals surface area contributed by atoms with Gasteiger partial charge in [-0.1, -0.05) is 113 Å². The summed E-state index contributed by atoms with van der Waals surface area (Å²) < 4.78 is 6.15. The summed E-state index contributed by atoms with van der Waals surface area (Å²) in [6, 6.07) is 23.0. The lowest BCUT2D eigenvalue weighted by atomic mass is 9.36. The van der Waals surface area contributed by atoms with Crippen molar-refractivity contribution in [3.63, 3.8) is 0 Å². The van der Waals surface area contributed by atoms with Gasteiger partial charge in [-0.2, -0.15) is 0 Å². The Kier molecular flexibility index (Phi) is 5.59. The molecule has 4 aromatic rings. The molecule has 0 spiro atoms. The molecule has 0 unspecified atom stereocenters. The molecule has 1 nitrogen and oxygen atoms in total. The van der Waals surface area contributed by atoms with Crippen LogP contribution in [-0.2, 0) is 16.2 Å². The molecule has 0 aliphatic heterocycles. The fourth-order valence-electron chi connectivity index (χ4n) is 5.84. The third kappa shape index (κ3) is 4.26. The van der Waals surface area contributed by atoms with E-state index in [0.717, 1.165) is 5.58 Å². The van der Waals surface area contributed by atoms with Gasteiger partial charge in [-0.15, -0.1) is 0 Å². The number of fused-ring (bicyclic) bond motifs is 2. The minimum absolute atomic E-state index is 0.0868. The average molecular weight is 462 g/mol. The molecule has 5 rings (SSSR count). The monoisotopic (exact) mass is 462 g/mol. The Morgan fingerprint density at radius 1 is 0.743 bits per heavy atom. The number of rotatable bonds is 3. The van der Waals surface area contributed by atoms with Gasteiger partial charge in [0, 0.05) is 5.39 Å². The third-order valence-electron chi connectivity index (χ3n) is 8.40. The first kappa shape index (κ1) is 24.0. The quantitative estimate of drug-likeness (QED) is 0.302. The molecule has 1 heterocycles. The molecule has 0 bridgehead atoms. The minimum Gasteiger partial charge on any atom is -0.465 e. The van der Waals surface area contributed by atoms with Gasteiger partial charge in [-0.05, 0) is 70.3 Å². The molecule has 180 valence electrons. The zero-order chi connectivity index (χ0) is 25.2. The highest BCUT2D eigenvalue weighted by molar-refractivity contribution is 6.96. The molecule has 0 saturated carbocycles. The van der Waals surface area contributed by atoms with Crippen LogP contribution >= 0.6 is 0 Å². The van der Waals surface area contributed by atoms with Crippen molar-refractivity contribution >= 4 is 34.1 Å². The van der Waals surface area contributed by atoms with Crippen LogP contribution in [0.1, 0.15) is 83.6 Å². The maximum absolute atomic E-state index is 6.15. The molecule has 0 fully saturated rings. The van der Waals surface area contributed by atoms with Crippen LogP contribution < -0.4 is 16.4 Å². The summed E-state index contributed by atoms with van der Waals surface area (Å²) in [6.45, 7) is 18.7. The molecule has 0 radical (unpaired) electrons. The topological polar surface area (TPSA) is 13.1 Å². The first-order valence-electron chi connectivity index (χ1n) is 13.1. The molecule has 2 heteroatoms. The van der Waals surface area contributed by atoms with Gasteiger partial charge < -0.3 is 4.42 Å². The van der Waals surface area contributed by atoms with E-state index in [1.807, 2.05) is 6.26 Å². The van der Waals surface area contributed by atoms with Crippen molar-refractivity contribution in [1.29, 1.82) is 0 Å². The second kappa shape index (κ2) is 8.15. The average Bonchev–Trinajstić information content (AvgIpc) is 3.21. The minimum atomic E-state index is 0.0868. The fraction of sp³-hybridized carbons (Fsp3) is 0.394. The van der Waals surface area contributed by atoms with E-state index in [4.69, 9.17) is 4.42 Å². The van der Waals surface area contributed by atoms with E-state index in [0.29, 0.717) is 0 Å². The van der Waals surface area contributed by atoms with E-state index in [1.165, 1.54) is 56.9 Å². The molecule has 0 N–H and O–H groups in total. The molecule has 1 aliphatic rings. The first-order valence-corrected chi connectivity index (χ1v) is 13.1. The highest BCUT2D eigenvalue weighted by atomic mass is 16.3. The Bertz CT molecular complexity index is 1380. The van der Waals surface area contributed by atoms with Crippen LogP contribution in [0.25, 0.3) is 11.0 Å². The summed E-state index contributed by atoms with van der Waals surface area (Å²) in [5, 5.41) is 1.22. The Morgan fingerprint density at radius 2 is 1.37 bits per heavy atom. The van der Waals surface area contributed by atoms with Crippen LogP contribution in [0, 0.1) is 6.92 Å². The van der Waals surface area contributed by atoms with Gasteiger partial charge in [0.25, 0.3) is 0 Å². The van der Waals surface area contributed by atoms with Crippen molar-refractivity contribution in [3.05, 3.63) is 89.2 Å². The molecular weight excluding hydrogens is 423 g/mol. The van der Waals surface area contributed by atoms with Gasteiger partial charge in [0.1, 0.15) is 5.58 Å². The van der Waals surface area contributed by atoms with Crippen LogP contribution in [0.15, 0.2) is 71.3 Å². The smallest absolute Gasteiger partial charge is 0.246 e. The van der Waals surface area contributed by atoms with Gasteiger partial charge in [0.05, 0.1) is 6.26 Å².